The van der Waals surface area contributed by atoms with Crippen LogP contribution in [0.1, 0.15) is 40.2 Å². The zero-order valence-electron chi connectivity index (χ0n) is 25.4. The van der Waals surface area contributed by atoms with Gasteiger partial charge >= 0.3 is 0 Å². The number of anilines is 3. The van der Waals surface area contributed by atoms with Crippen LogP contribution in [0.5, 0.6) is 0 Å². The van der Waals surface area contributed by atoms with Gasteiger partial charge in [0.1, 0.15) is 11.5 Å². The van der Waals surface area contributed by atoms with E-state index in [0.29, 0.717) is 29.3 Å². The van der Waals surface area contributed by atoms with E-state index in [1.54, 1.807) is 17.8 Å². The molecule has 10 nitrogen and oxygen atoms in total. The molecule has 1 saturated heterocycles. The van der Waals surface area contributed by atoms with Crippen molar-refractivity contribution in [1.82, 2.24) is 24.0 Å². The number of aryl methyl sites for hydroxylation is 2. The molecule has 3 aliphatic rings. The third-order valence-corrected chi connectivity index (χ3v) is 9.34. The maximum atomic E-state index is 13.9. The van der Waals surface area contributed by atoms with Gasteiger partial charge in [-0.2, -0.15) is 0 Å². The largest absolute Gasteiger partial charge is 0.392 e. The lowest BCUT2D eigenvalue weighted by Crippen LogP contribution is -2.52. The standard InChI is InChI=1S/C34H39N7O3/c1-36-16-18-38(19-17-36)41(32-11-3-5-13-35-32)31-20-24(22-37(2)34(31)44)26-9-7-10-29(28(26)23-42)40-15-12-30-27(33(40)43)21-25-8-4-6-14-39(25)30/h3,5,7,9-11,13,20-22,42H,4,6,8,12,14-19,23H2,1-2H3. The van der Waals surface area contributed by atoms with Gasteiger partial charge in [-0.1, -0.05) is 18.2 Å². The van der Waals surface area contributed by atoms with Gasteiger partial charge in [0.25, 0.3) is 11.5 Å². The van der Waals surface area contributed by atoms with Crippen LogP contribution >= 0.6 is 0 Å². The Bertz CT molecular complexity index is 1750. The van der Waals surface area contributed by atoms with Gasteiger partial charge in [0.2, 0.25) is 0 Å². The van der Waals surface area contributed by atoms with Crippen molar-refractivity contribution in [3.05, 3.63) is 93.8 Å². The van der Waals surface area contributed by atoms with Crippen molar-refractivity contribution in [3.8, 4) is 11.1 Å². The molecule has 1 aromatic carbocycles. The SMILES string of the molecule is CN1CCN(N(c2ccccn2)c2cc(-c3cccc(N4CCc5c(cc6n5CCCC6)C4=O)c3CO)cn(C)c2=O)CC1. The lowest BCUT2D eigenvalue weighted by atomic mass is 9.97. The van der Waals surface area contributed by atoms with Crippen molar-refractivity contribution in [3.63, 3.8) is 0 Å². The fourth-order valence-corrected chi connectivity index (χ4v) is 7.01. The Hall–Kier alpha value is -4.25. The molecule has 7 rings (SSSR count). The number of benzene rings is 1. The van der Waals surface area contributed by atoms with Crippen molar-refractivity contribution in [2.75, 3.05) is 49.7 Å². The highest BCUT2D eigenvalue weighted by Crippen LogP contribution is 2.37. The summed E-state index contributed by atoms with van der Waals surface area (Å²) in [6.07, 6.45) is 7.65. The zero-order chi connectivity index (χ0) is 30.4. The van der Waals surface area contributed by atoms with Crippen LogP contribution in [0, 0.1) is 0 Å². The average molecular weight is 594 g/mol. The minimum Gasteiger partial charge on any atom is -0.392 e. The van der Waals surface area contributed by atoms with Gasteiger partial charge in [-0.15, -0.1) is 0 Å². The third-order valence-electron chi connectivity index (χ3n) is 9.34. The molecule has 0 radical (unpaired) electrons. The summed E-state index contributed by atoms with van der Waals surface area (Å²) in [5.41, 5.74) is 6.47. The van der Waals surface area contributed by atoms with E-state index < -0.39 is 0 Å². The molecule has 44 heavy (non-hydrogen) atoms. The Labute approximate surface area is 257 Å². The van der Waals surface area contributed by atoms with Gasteiger partial charge in [-0.3, -0.25) is 14.6 Å². The highest BCUT2D eigenvalue weighted by Gasteiger charge is 2.32. The summed E-state index contributed by atoms with van der Waals surface area (Å²) < 4.78 is 3.94. The molecule has 10 heteroatoms. The number of nitrogens with zero attached hydrogens (tertiary/aromatic N) is 7. The van der Waals surface area contributed by atoms with Gasteiger partial charge in [-0.05, 0) is 62.2 Å². The number of aliphatic hydroxyl groups excluding tert-OH is 1. The Morgan fingerprint density at radius 3 is 2.50 bits per heavy atom. The van der Waals surface area contributed by atoms with Crippen molar-refractivity contribution in [2.45, 2.75) is 38.8 Å². The fourth-order valence-electron chi connectivity index (χ4n) is 7.01. The molecule has 4 aromatic rings. The number of aliphatic hydroxyl groups is 1. The first-order chi connectivity index (χ1) is 21.4. The van der Waals surface area contributed by atoms with E-state index in [1.165, 1.54) is 5.69 Å². The normalized spacial score (nSPS) is 17.4. The monoisotopic (exact) mass is 593 g/mol. The minimum atomic E-state index is -0.241. The summed E-state index contributed by atoms with van der Waals surface area (Å²) in [7, 11) is 3.85. The first kappa shape index (κ1) is 28.5. The van der Waals surface area contributed by atoms with Gasteiger partial charge in [0, 0.05) is 87.6 Å². The second kappa shape index (κ2) is 11.7. The number of rotatable bonds is 6. The highest BCUT2D eigenvalue weighted by molar-refractivity contribution is 6.09. The predicted octanol–water partition coefficient (Wildman–Crippen LogP) is 3.58. The van der Waals surface area contributed by atoms with Gasteiger partial charge in [0.05, 0.1) is 17.9 Å². The Balaban J connectivity index is 1.30. The van der Waals surface area contributed by atoms with Crippen LogP contribution in [0.4, 0.5) is 17.2 Å². The van der Waals surface area contributed by atoms with Crippen LogP contribution < -0.4 is 15.5 Å². The van der Waals surface area contributed by atoms with E-state index in [0.717, 1.165) is 80.8 Å². The molecular formula is C34H39N7O3. The van der Waals surface area contributed by atoms with E-state index >= 15 is 0 Å². The number of piperazine rings is 1. The summed E-state index contributed by atoms with van der Waals surface area (Å²) in [5, 5.41) is 14.9. The fraction of sp³-hybridized carbons (Fsp3) is 0.382. The van der Waals surface area contributed by atoms with E-state index in [9.17, 15) is 14.7 Å². The van der Waals surface area contributed by atoms with Gasteiger partial charge in [0.15, 0.2) is 0 Å². The number of carbonyl (C=O) groups excluding carboxylic acids is 1. The number of likely N-dealkylation sites (N-methyl/N-ethyl adjacent to an activating group) is 1. The summed E-state index contributed by atoms with van der Waals surface area (Å²) >= 11 is 0. The molecule has 1 fully saturated rings. The summed E-state index contributed by atoms with van der Waals surface area (Å²) in [6.45, 7) is 4.54. The zero-order valence-corrected chi connectivity index (χ0v) is 25.4. The Kier molecular flexibility index (Phi) is 7.57. The number of amides is 1. The maximum Gasteiger partial charge on any atom is 0.275 e. The summed E-state index contributed by atoms with van der Waals surface area (Å²) in [4.78, 5) is 36.4. The van der Waals surface area contributed by atoms with Crippen LogP contribution in [-0.2, 0) is 33.0 Å². The third kappa shape index (κ3) is 4.92. The van der Waals surface area contributed by atoms with Crippen LogP contribution in [0.25, 0.3) is 11.1 Å². The van der Waals surface area contributed by atoms with E-state index in [-0.39, 0.29) is 18.1 Å². The Morgan fingerprint density at radius 2 is 1.73 bits per heavy atom. The molecule has 0 spiro atoms. The number of hydrazine groups is 1. The molecule has 0 atom stereocenters. The molecular weight excluding hydrogens is 554 g/mol. The predicted molar refractivity (Wildman–Crippen MR) is 171 cm³/mol. The smallest absolute Gasteiger partial charge is 0.275 e. The molecule has 0 unspecified atom stereocenters. The lowest BCUT2D eigenvalue weighted by Gasteiger charge is -2.40. The van der Waals surface area contributed by atoms with Crippen LogP contribution in [0.3, 0.4) is 0 Å². The Morgan fingerprint density at radius 1 is 0.886 bits per heavy atom. The number of hydrogen-bond acceptors (Lipinski definition) is 7. The molecule has 3 aromatic heterocycles. The first-order valence-corrected chi connectivity index (χ1v) is 15.6. The molecule has 0 aliphatic carbocycles. The maximum absolute atomic E-state index is 13.9. The quantitative estimate of drug-likeness (QED) is 0.366. The summed E-state index contributed by atoms with van der Waals surface area (Å²) in [6, 6.07) is 15.5. The molecule has 3 aliphatic heterocycles. The van der Waals surface area contributed by atoms with Crippen LogP contribution in [0.2, 0.25) is 0 Å². The lowest BCUT2D eigenvalue weighted by molar-refractivity contribution is 0.0979. The van der Waals surface area contributed by atoms with E-state index in [1.807, 2.05) is 58.6 Å². The van der Waals surface area contributed by atoms with Gasteiger partial charge < -0.3 is 24.0 Å². The summed E-state index contributed by atoms with van der Waals surface area (Å²) in [5.74, 6) is 0.657. The van der Waals surface area contributed by atoms with Crippen molar-refractivity contribution >= 4 is 23.1 Å². The topological polar surface area (TPSA) is 90.1 Å². The second-order valence-electron chi connectivity index (χ2n) is 12.1. The molecule has 1 N–H and O–H groups in total. The van der Waals surface area contributed by atoms with E-state index in [2.05, 4.69) is 32.6 Å². The molecule has 1 amide bonds. The van der Waals surface area contributed by atoms with Gasteiger partial charge in [-0.25, -0.2) is 9.99 Å². The molecule has 0 saturated carbocycles. The number of pyridine rings is 2. The molecule has 6 heterocycles. The van der Waals surface area contributed by atoms with Crippen LogP contribution in [0.15, 0.2) is 65.7 Å². The minimum absolute atomic E-state index is 0.0162. The number of aromatic nitrogens is 3. The first-order valence-electron chi connectivity index (χ1n) is 15.6. The van der Waals surface area contributed by atoms with Crippen molar-refractivity contribution < 1.29 is 9.90 Å². The second-order valence-corrected chi connectivity index (χ2v) is 12.1. The van der Waals surface area contributed by atoms with Crippen molar-refractivity contribution in [1.29, 1.82) is 0 Å². The molecule has 0 bridgehead atoms. The molecule has 228 valence electrons. The van der Waals surface area contributed by atoms with Crippen LogP contribution in [-0.4, -0.2) is 74.8 Å². The van der Waals surface area contributed by atoms with Crippen molar-refractivity contribution in [2.24, 2.45) is 7.05 Å². The number of carbonyl (C=O) groups is 1. The number of hydrogen-bond donors (Lipinski definition) is 1. The highest BCUT2D eigenvalue weighted by atomic mass is 16.3. The average Bonchev–Trinajstić information content (AvgIpc) is 3.44. The van der Waals surface area contributed by atoms with E-state index in [4.69, 9.17) is 0 Å². The number of fused-ring (bicyclic) bond motifs is 3.